The molecule has 0 spiro atoms. The summed E-state index contributed by atoms with van der Waals surface area (Å²) in [5.74, 6) is 0.642. The van der Waals surface area contributed by atoms with Crippen LogP contribution in [0.4, 0.5) is 0 Å². The summed E-state index contributed by atoms with van der Waals surface area (Å²) in [4.78, 5) is 0. The van der Waals surface area contributed by atoms with Gasteiger partial charge < -0.3 is 14.9 Å². The van der Waals surface area contributed by atoms with Crippen LogP contribution >= 0.6 is 0 Å². The molecule has 0 heterocycles. The average molecular weight is 232 g/mol. The first-order chi connectivity index (χ1) is 8.22. The molecule has 0 amide bonds. The van der Waals surface area contributed by atoms with Gasteiger partial charge >= 0.3 is 0 Å². The van der Waals surface area contributed by atoms with Crippen LogP contribution in [0.15, 0.2) is 42.0 Å². The molecule has 17 heavy (non-hydrogen) atoms. The zero-order valence-electron chi connectivity index (χ0n) is 9.76. The zero-order chi connectivity index (χ0) is 12.3. The lowest BCUT2D eigenvalue weighted by Crippen LogP contribution is -2.03. The Morgan fingerprint density at radius 1 is 1.35 bits per heavy atom. The highest BCUT2D eigenvalue weighted by Gasteiger charge is 2.17. The minimum Gasteiger partial charge on any atom is -0.507 e. The molecule has 1 atom stereocenters. The fourth-order valence-corrected chi connectivity index (χ4v) is 1.93. The van der Waals surface area contributed by atoms with Crippen LogP contribution in [0.5, 0.6) is 11.5 Å². The van der Waals surface area contributed by atoms with Crippen molar-refractivity contribution < 1.29 is 14.9 Å². The molecule has 1 aromatic rings. The highest BCUT2D eigenvalue weighted by molar-refractivity contribution is 5.44. The molecule has 2 rings (SSSR count). The van der Waals surface area contributed by atoms with Gasteiger partial charge in [0.25, 0.3) is 0 Å². The van der Waals surface area contributed by atoms with Gasteiger partial charge in [-0.2, -0.15) is 0 Å². The van der Waals surface area contributed by atoms with Crippen LogP contribution in [0.2, 0.25) is 0 Å². The standard InChI is InChI=1S/C14H16O3/c1-17-11-7-8-12(13(15)9-11)14(16)10-5-3-2-4-6-10/h2-3,5,7-9,14-16H,4,6H2,1H3. The summed E-state index contributed by atoms with van der Waals surface area (Å²) in [5, 5.41) is 20.0. The van der Waals surface area contributed by atoms with E-state index >= 15 is 0 Å². The summed E-state index contributed by atoms with van der Waals surface area (Å²) in [6.45, 7) is 0. The maximum atomic E-state index is 10.2. The molecular formula is C14H16O3. The van der Waals surface area contributed by atoms with E-state index in [-0.39, 0.29) is 5.75 Å². The van der Waals surface area contributed by atoms with Crippen molar-refractivity contribution in [1.29, 1.82) is 0 Å². The first-order valence-corrected chi connectivity index (χ1v) is 5.63. The molecule has 0 saturated heterocycles. The Kier molecular flexibility index (Phi) is 3.49. The van der Waals surface area contributed by atoms with Crippen LogP contribution in [0, 0.1) is 0 Å². The lowest BCUT2D eigenvalue weighted by molar-refractivity contribution is 0.206. The SMILES string of the molecule is COc1ccc(C(O)C2=CC=CCC2)c(O)c1. The van der Waals surface area contributed by atoms with Crippen LogP contribution in [0.25, 0.3) is 0 Å². The topological polar surface area (TPSA) is 49.7 Å². The predicted octanol–water partition coefficient (Wildman–Crippen LogP) is 2.71. The minimum absolute atomic E-state index is 0.0623. The Labute approximate surface area is 101 Å². The van der Waals surface area contributed by atoms with E-state index in [1.165, 1.54) is 6.07 Å². The second kappa shape index (κ2) is 5.06. The maximum absolute atomic E-state index is 10.2. The number of phenols is 1. The number of aliphatic hydroxyl groups excluding tert-OH is 1. The fourth-order valence-electron chi connectivity index (χ4n) is 1.93. The molecule has 3 heteroatoms. The molecule has 1 aromatic carbocycles. The molecule has 0 saturated carbocycles. The number of phenolic OH excluding ortho intramolecular Hbond substituents is 1. The van der Waals surface area contributed by atoms with Crippen molar-refractivity contribution in [2.45, 2.75) is 18.9 Å². The molecule has 1 unspecified atom stereocenters. The summed E-state index contributed by atoms with van der Waals surface area (Å²) in [6.07, 6.45) is 6.90. The summed E-state index contributed by atoms with van der Waals surface area (Å²) < 4.78 is 5.01. The lowest BCUT2D eigenvalue weighted by Gasteiger charge is -2.18. The summed E-state index contributed by atoms with van der Waals surface area (Å²) in [5.41, 5.74) is 1.44. The third-order valence-electron chi connectivity index (χ3n) is 2.93. The first kappa shape index (κ1) is 11.7. The van der Waals surface area contributed by atoms with E-state index in [0.717, 1.165) is 18.4 Å². The van der Waals surface area contributed by atoms with E-state index in [9.17, 15) is 10.2 Å². The van der Waals surface area contributed by atoms with Gasteiger partial charge in [0.2, 0.25) is 0 Å². The highest BCUT2D eigenvalue weighted by Crippen LogP contribution is 2.34. The molecule has 90 valence electrons. The molecule has 0 radical (unpaired) electrons. The van der Waals surface area contributed by atoms with E-state index in [2.05, 4.69) is 6.08 Å². The van der Waals surface area contributed by atoms with E-state index in [0.29, 0.717) is 11.3 Å². The van der Waals surface area contributed by atoms with Crippen molar-refractivity contribution in [2.24, 2.45) is 0 Å². The van der Waals surface area contributed by atoms with E-state index < -0.39 is 6.10 Å². The van der Waals surface area contributed by atoms with Gasteiger partial charge in [0.1, 0.15) is 17.6 Å². The van der Waals surface area contributed by atoms with Crippen molar-refractivity contribution in [3.8, 4) is 11.5 Å². The first-order valence-electron chi connectivity index (χ1n) is 5.63. The van der Waals surface area contributed by atoms with E-state index in [1.54, 1.807) is 19.2 Å². The van der Waals surface area contributed by atoms with Crippen molar-refractivity contribution in [1.82, 2.24) is 0 Å². The second-order valence-electron chi connectivity index (χ2n) is 4.04. The molecule has 1 aliphatic carbocycles. The van der Waals surface area contributed by atoms with E-state index in [1.807, 2.05) is 12.2 Å². The number of methoxy groups -OCH3 is 1. The van der Waals surface area contributed by atoms with E-state index in [4.69, 9.17) is 4.74 Å². The quantitative estimate of drug-likeness (QED) is 0.842. The summed E-state index contributed by atoms with van der Waals surface area (Å²) >= 11 is 0. The number of aliphatic hydroxyl groups is 1. The molecule has 0 bridgehead atoms. The zero-order valence-corrected chi connectivity index (χ0v) is 9.76. The average Bonchev–Trinajstić information content (AvgIpc) is 2.39. The normalized spacial score (nSPS) is 16.5. The Balaban J connectivity index is 2.27. The van der Waals surface area contributed by atoms with Crippen LogP contribution in [0.1, 0.15) is 24.5 Å². The molecule has 2 N–H and O–H groups in total. The van der Waals surface area contributed by atoms with Gasteiger partial charge in [-0.25, -0.2) is 0 Å². The number of benzene rings is 1. The molecule has 1 aliphatic rings. The molecule has 0 fully saturated rings. The smallest absolute Gasteiger partial charge is 0.125 e. The molecular weight excluding hydrogens is 216 g/mol. The third kappa shape index (κ3) is 2.50. The summed E-state index contributed by atoms with van der Waals surface area (Å²) in [6, 6.07) is 4.94. The van der Waals surface area contributed by atoms with Gasteiger partial charge in [0.15, 0.2) is 0 Å². The van der Waals surface area contributed by atoms with Crippen molar-refractivity contribution in [3.05, 3.63) is 47.6 Å². The molecule has 0 aromatic heterocycles. The monoisotopic (exact) mass is 232 g/mol. The van der Waals surface area contributed by atoms with Crippen LogP contribution in [0.3, 0.4) is 0 Å². The van der Waals surface area contributed by atoms with Crippen LogP contribution < -0.4 is 4.74 Å². The number of hydrogen-bond acceptors (Lipinski definition) is 3. The molecule has 3 nitrogen and oxygen atoms in total. The van der Waals surface area contributed by atoms with Crippen molar-refractivity contribution in [3.63, 3.8) is 0 Å². The maximum Gasteiger partial charge on any atom is 0.125 e. The second-order valence-corrected chi connectivity index (χ2v) is 4.04. The summed E-state index contributed by atoms with van der Waals surface area (Å²) in [7, 11) is 1.54. The molecule has 0 aliphatic heterocycles. The minimum atomic E-state index is -0.745. The van der Waals surface area contributed by atoms with Crippen molar-refractivity contribution in [2.75, 3.05) is 7.11 Å². The Hall–Kier alpha value is -1.74. The predicted molar refractivity (Wildman–Crippen MR) is 66.1 cm³/mol. The third-order valence-corrected chi connectivity index (χ3v) is 2.93. The number of rotatable bonds is 3. The van der Waals surface area contributed by atoms with Crippen LogP contribution in [-0.4, -0.2) is 17.3 Å². The van der Waals surface area contributed by atoms with Gasteiger partial charge in [-0.1, -0.05) is 18.2 Å². The van der Waals surface area contributed by atoms with Crippen molar-refractivity contribution >= 4 is 0 Å². The Morgan fingerprint density at radius 3 is 2.76 bits per heavy atom. The lowest BCUT2D eigenvalue weighted by atomic mass is 9.94. The number of aromatic hydroxyl groups is 1. The fraction of sp³-hybridized carbons (Fsp3) is 0.286. The Bertz CT molecular complexity index is 461. The largest absolute Gasteiger partial charge is 0.507 e. The van der Waals surface area contributed by atoms with Gasteiger partial charge in [0, 0.05) is 11.6 Å². The van der Waals surface area contributed by atoms with Gasteiger partial charge in [-0.15, -0.1) is 0 Å². The van der Waals surface area contributed by atoms with Gasteiger partial charge in [-0.3, -0.25) is 0 Å². The van der Waals surface area contributed by atoms with Gasteiger partial charge in [0.05, 0.1) is 7.11 Å². The van der Waals surface area contributed by atoms with Gasteiger partial charge in [-0.05, 0) is 30.5 Å². The number of hydrogen-bond donors (Lipinski definition) is 2. The Morgan fingerprint density at radius 2 is 2.18 bits per heavy atom. The number of allylic oxidation sites excluding steroid dienone is 3. The van der Waals surface area contributed by atoms with Crippen LogP contribution in [-0.2, 0) is 0 Å². The number of ether oxygens (including phenoxy) is 1. The highest BCUT2D eigenvalue weighted by atomic mass is 16.5.